The van der Waals surface area contributed by atoms with Gasteiger partial charge in [0.15, 0.2) is 0 Å². The first-order valence-electron chi connectivity index (χ1n) is 8.16. The van der Waals surface area contributed by atoms with Gasteiger partial charge in [-0.1, -0.05) is 43.9 Å². The summed E-state index contributed by atoms with van der Waals surface area (Å²) in [6.45, 7) is 2.97. The number of rotatable bonds is 4. The van der Waals surface area contributed by atoms with Crippen molar-refractivity contribution in [3.8, 4) is 5.69 Å². The molecule has 0 atom stereocenters. The van der Waals surface area contributed by atoms with E-state index in [1.165, 1.54) is 49.9 Å². The summed E-state index contributed by atoms with van der Waals surface area (Å²) >= 11 is 0. The van der Waals surface area contributed by atoms with Gasteiger partial charge in [0.1, 0.15) is 5.82 Å². The van der Waals surface area contributed by atoms with Gasteiger partial charge in [-0.05, 0) is 31.9 Å². The molecule has 2 aromatic rings. The first-order chi connectivity index (χ1) is 10.3. The summed E-state index contributed by atoms with van der Waals surface area (Å²) in [5, 5.41) is 3.74. The van der Waals surface area contributed by atoms with Crippen LogP contribution in [0.15, 0.2) is 36.5 Å². The summed E-state index contributed by atoms with van der Waals surface area (Å²) in [5.74, 6) is 1.05. The molecule has 0 spiro atoms. The van der Waals surface area contributed by atoms with Crippen LogP contribution in [-0.4, -0.2) is 15.6 Å². The van der Waals surface area contributed by atoms with Gasteiger partial charge in [-0.25, -0.2) is 4.98 Å². The largest absolute Gasteiger partial charge is 0.308 e. The molecule has 3 nitrogen and oxygen atoms in total. The third-order valence-corrected chi connectivity index (χ3v) is 4.45. The first-order valence-corrected chi connectivity index (χ1v) is 8.16. The maximum atomic E-state index is 4.50. The highest BCUT2D eigenvalue weighted by Crippen LogP contribution is 2.19. The van der Waals surface area contributed by atoms with Crippen LogP contribution in [0.25, 0.3) is 5.69 Å². The van der Waals surface area contributed by atoms with Gasteiger partial charge >= 0.3 is 0 Å². The lowest BCUT2D eigenvalue weighted by Crippen LogP contribution is -2.28. The predicted molar refractivity (Wildman–Crippen MR) is 86.6 cm³/mol. The fourth-order valence-electron chi connectivity index (χ4n) is 3.28. The van der Waals surface area contributed by atoms with Crippen molar-refractivity contribution in [2.24, 2.45) is 0 Å². The average molecular weight is 283 g/mol. The second-order valence-corrected chi connectivity index (χ2v) is 6.04. The van der Waals surface area contributed by atoms with E-state index in [4.69, 9.17) is 0 Å². The van der Waals surface area contributed by atoms with Crippen LogP contribution in [0.4, 0.5) is 0 Å². The fourth-order valence-corrected chi connectivity index (χ4v) is 3.28. The monoisotopic (exact) mass is 283 g/mol. The Balaban J connectivity index is 1.71. The van der Waals surface area contributed by atoms with E-state index in [9.17, 15) is 0 Å². The molecule has 3 heteroatoms. The van der Waals surface area contributed by atoms with E-state index in [0.29, 0.717) is 6.04 Å². The van der Waals surface area contributed by atoms with Crippen molar-refractivity contribution in [3.05, 3.63) is 48.0 Å². The Morgan fingerprint density at radius 2 is 1.81 bits per heavy atom. The lowest BCUT2D eigenvalue weighted by Gasteiger charge is -2.17. The molecule has 0 amide bonds. The van der Waals surface area contributed by atoms with E-state index in [0.717, 1.165) is 12.4 Å². The van der Waals surface area contributed by atoms with E-state index in [2.05, 4.69) is 52.1 Å². The molecule has 1 aromatic heterocycles. The van der Waals surface area contributed by atoms with E-state index in [-0.39, 0.29) is 0 Å². The van der Waals surface area contributed by atoms with Gasteiger partial charge in [-0.3, -0.25) is 4.57 Å². The van der Waals surface area contributed by atoms with E-state index < -0.39 is 0 Å². The number of imidazole rings is 1. The predicted octanol–water partition coefficient (Wildman–Crippen LogP) is 3.99. The molecule has 1 aromatic carbocycles. The number of hydrogen-bond donors (Lipinski definition) is 1. The second-order valence-electron chi connectivity index (χ2n) is 6.04. The molecular weight excluding hydrogens is 258 g/mol. The highest BCUT2D eigenvalue weighted by atomic mass is 15.1. The Morgan fingerprint density at radius 3 is 2.52 bits per heavy atom. The Kier molecular flexibility index (Phi) is 4.71. The van der Waals surface area contributed by atoms with Crippen LogP contribution in [0.5, 0.6) is 0 Å². The van der Waals surface area contributed by atoms with E-state index >= 15 is 0 Å². The Bertz CT molecular complexity index is 551. The van der Waals surface area contributed by atoms with E-state index in [1.807, 2.05) is 6.20 Å². The van der Waals surface area contributed by atoms with Crippen molar-refractivity contribution < 1.29 is 0 Å². The lowest BCUT2D eigenvalue weighted by atomic mass is 10.1. The zero-order valence-corrected chi connectivity index (χ0v) is 12.9. The summed E-state index contributed by atoms with van der Waals surface area (Å²) in [7, 11) is 0. The molecule has 0 saturated heterocycles. The normalized spacial score (nSPS) is 16.8. The average Bonchev–Trinajstić information content (AvgIpc) is 2.73. The summed E-state index contributed by atoms with van der Waals surface area (Å²) in [6, 6.07) is 11.2. The molecule has 1 saturated carbocycles. The van der Waals surface area contributed by atoms with Crippen LogP contribution >= 0.6 is 0 Å². The van der Waals surface area contributed by atoms with Crippen molar-refractivity contribution in [3.63, 3.8) is 0 Å². The van der Waals surface area contributed by atoms with Gasteiger partial charge in [0.25, 0.3) is 0 Å². The molecule has 0 aliphatic heterocycles. The summed E-state index contributed by atoms with van der Waals surface area (Å²) in [4.78, 5) is 4.50. The topological polar surface area (TPSA) is 29.9 Å². The summed E-state index contributed by atoms with van der Waals surface area (Å²) < 4.78 is 2.25. The van der Waals surface area contributed by atoms with Crippen molar-refractivity contribution in [1.29, 1.82) is 0 Å². The van der Waals surface area contributed by atoms with E-state index in [1.54, 1.807) is 0 Å². The maximum Gasteiger partial charge on any atom is 0.110 e. The highest BCUT2D eigenvalue weighted by molar-refractivity contribution is 5.35. The van der Waals surface area contributed by atoms with Crippen molar-refractivity contribution in [1.82, 2.24) is 14.9 Å². The van der Waals surface area contributed by atoms with Crippen molar-refractivity contribution in [2.75, 3.05) is 0 Å². The number of nitrogens with one attached hydrogen (secondary N) is 1. The minimum absolute atomic E-state index is 0.673. The minimum Gasteiger partial charge on any atom is -0.308 e. The van der Waals surface area contributed by atoms with Crippen LogP contribution in [-0.2, 0) is 6.54 Å². The standard InChI is InChI=1S/C18H25N3/c1-15-19-13-18(21(15)17-11-7-4-8-12-17)14-20-16-9-5-2-3-6-10-16/h4,7-8,11-13,16,20H,2-3,5-6,9-10,14H2,1H3. The number of aromatic nitrogens is 2. The molecule has 112 valence electrons. The van der Waals surface area contributed by atoms with Gasteiger partial charge < -0.3 is 5.32 Å². The van der Waals surface area contributed by atoms with Gasteiger partial charge in [0.2, 0.25) is 0 Å². The number of hydrogen-bond acceptors (Lipinski definition) is 2. The highest BCUT2D eigenvalue weighted by Gasteiger charge is 2.13. The summed E-state index contributed by atoms with van der Waals surface area (Å²) in [6.07, 6.45) is 10.2. The molecule has 1 heterocycles. The SMILES string of the molecule is Cc1ncc(CNC2CCCCCC2)n1-c1ccccc1. The third-order valence-electron chi connectivity index (χ3n) is 4.45. The molecule has 21 heavy (non-hydrogen) atoms. The van der Waals surface area contributed by atoms with Crippen LogP contribution < -0.4 is 5.32 Å². The quantitative estimate of drug-likeness (QED) is 0.860. The van der Waals surface area contributed by atoms with Crippen LogP contribution in [0.2, 0.25) is 0 Å². The van der Waals surface area contributed by atoms with Gasteiger partial charge in [0.05, 0.1) is 11.9 Å². The Labute approximate surface area is 127 Å². The molecule has 0 radical (unpaired) electrons. The maximum absolute atomic E-state index is 4.50. The number of benzene rings is 1. The van der Waals surface area contributed by atoms with Crippen LogP contribution in [0.1, 0.15) is 50.0 Å². The minimum atomic E-state index is 0.673. The fraction of sp³-hybridized carbons (Fsp3) is 0.500. The van der Waals surface area contributed by atoms with Crippen LogP contribution in [0, 0.1) is 6.92 Å². The number of aryl methyl sites for hydroxylation is 1. The first kappa shape index (κ1) is 14.3. The number of para-hydroxylation sites is 1. The van der Waals surface area contributed by atoms with Crippen LogP contribution in [0.3, 0.4) is 0 Å². The smallest absolute Gasteiger partial charge is 0.110 e. The Hall–Kier alpha value is -1.61. The number of nitrogens with zero attached hydrogens (tertiary/aromatic N) is 2. The molecule has 1 N–H and O–H groups in total. The zero-order valence-electron chi connectivity index (χ0n) is 12.9. The second kappa shape index (κ2) is 6.90. The Morgan fingerprint density at radius 1 is 1.10 bits per heavy atom. The molecule has 1 aliphatic carbocycles. The van der Waals surface area contributed by atoms with Gasteiger partial charge in [0, 0.05) is 18.3 Å². The molecule has 1 fully saturated rings. The molecular formula is C18H25N3. The summed E-state index contributed by atoms with van der Waals surface area (Å²) in [5.41, 5.74) is 2.45. The zero-order chi connectivity index (χ0) is 14.5. The molecule has 1 aliphatic rings. The van der Waals surface area contributed by atoms with Gasteiger partial charge in [-0.15, -0.1) is 0 Å². The third kappa shape index (κ3) is 3.53. The molecule has 0 bridgehead atoms. The molecule has 3 rings (SSSR count). The van der Waals surface area contributed by atoms with Crippen molar-refractivity contribution >= 4 is 0 Å². The molecule has 0 unspecified atom stereocenters. The lowest BCUT2D eigenvalue weighted by molar-refractivity contribution is 0.454. The van der Waals surface area contributed by atoms with Gasteiger partial charge in [-0.2, -0.15) is 0 Å². The van der Waals surface area contributed by atoms with Crippen molar-refractivity contribution in [2.45, 2.75) is 58.0 Å².